The van der Waals surface area contributed by atoms with Crippen LogP contribution in [0.2, 0.25) is 0 Å². The lowest BCUT2D eigenvalue weighted by Gasteiger charge is -2.19. The highest BCUT2D eigenvalue weighted by molar-refractivity contribution is 5.68. The van der Waals surface area contributed by atoms with Crippen LogP contribution < -0.4 is 5.73 Å². The Labute approximate surface area is 88.9 Å². The van der Waals surface area contributed by atoms with Gasteiger partial charge < -0.3 is 10.8 Å². The number of carbonyl (C=O) groups is 1. The standard InChI is InChI=1S/C10H17N3O2/c1-3-13-9(4-5-12-13)8(7(2)11)6-10(14)15/h4-5,7-8H,3,6,11H2,1-2H3,(H,14,15). The van der Waals surface area contributed by atoms with Crippen molar-refractivity contribution in [1.82, 2.24) is 9.78 Å². The second-order valence-electron chi connectivity index (χ2n) is 3.64. The Bertz CT molecular complexity index is 333. The van der Waals surface area contributed by atoms with Crippen LogP contribution in [0, 0.1) is 0 Å². The molecule has 0 saturated carbocycles. The molecule has 5 nitrogen and oxygen atoms in total. The van der Waals surface area contributed by atoms with E-state index >= 15 is 0 Å². The van der Waals surface area contributed by atoms with E-state index in [-0.39, 0.29) is 18.4 Å². The number of carboxylic acids is 1. The summed E-state index contributed by atoms with van der Waals surface area (Å²) >= 11 is 0. The van der Waals surface area contributed by atoms with Crippen molar-refractivity contribution in [3.8, 4) is 0 Å². The zero-order chi connectivity index (χ0) is 11.4. The zero-order valence-corrected chi connectivity index (χ0v) is 9.05. The lowest BCUT2D eigenvalue weighted by atomic mass is 9.94. The van der Waals surface area contributed by atoms with Gasteiger partial charge in [0.15, 0.2) is 0 Å². The van der Waals surface area contributed by atoms with Gasteiger partial charge in [0.1, 0.15) is 0 Å². The van der Waals surface area contributed by atoms with Crippen LogP contribution in [0.3, 0.4) is 0 Å². The molecule has 2 unspecified atom stereocenters. The van der Waals surface area contributed by atoms with Crippen molar-refractivity contribution in [1.29, 1.82) is 0 Å². The lowest BCUT2D eigenvalue weighted by molar-refractivity contribution is -0.137. The van der Waals surface area contributed by atoms with Gasteiger partial charge >= 0.3 is 5.97 Å². The van der Waals surface area contributed by atoms with Gasteiger partial charge in [0.2, 0.25) is 0 Å². The summed E-state index contributed by atoms with van der Waals surface area (Å²) in [6.07, 6.45) is 1.72. The van der Waals surface area contributed by atoms with Crippen LogP contribution in [-0.4, -0.2) is 26.9 Å². The van der Waals surface area contributed by atoms with Crippen LogP contribution in [0.1, 0.15) is 31.9 Å². The van der Waals surface area contributed by atoms with E-state index < -0.39 is 5.97 Å². The molecular weight excluding hydrogens is 194 g/mol. The maximum absolute atomic E-state index is 10.7. The third kappa shape index (κ3) is 2.79. The maximum atomic E-state index is 10.7. The molecule has 0 saturated heterocycles. The monoisotopic (exact) mass is 211 g/mol. The topological polar surface area (TPSA) is 81.1 Å². The van der Waals surface area contributed by atoms with Gasteiger partial charge in [-0.3, -0.25) is 9.48 Å². The van der Waals surface area contributed by atoms with E-state index in [1.54, 1.807) is 10.9 Å². The van der Waals surface area contributed by atoms with Crippen molar-refractivity contribution in [3.63, 3.8) is 0 Å². The minimum absolute atomic E-state index is 0.0450. The summed E-state index contributed by atoms with van der Waals surface area (Å²) in [5, 5.41) is 12.9. The molecule has 3 N–H and O–H groups in total. The third-order valence-corrected chi connectivity index (χ3v) is 2.46. The average Bonchev–Trinajstić information content (AvgIpc) is 2.60. The number of aliphatic carboxylic acids is 1. The molecule has 0 bridgehead atoms. The summed E-state index contributed by atoms with van der Waals surface area (Å²) in [5.74, 6) is -1.01. The van der Waals surface area contributed by atoms with Crippen molar-refractivity contribution < 1.29 is 9.90 Å². The molecule has 5 heteroatoms. The van der Waals surface area contributed by atoms with E-state index in [2.05, 4.69) is 5.10 Å². The second kappa shape index (κ2) is 4.93. The first-order valence-electron chi connectivity index (χ1n) is 5.05. The zero-order valence-electron chi connectivity index (χ0n) is 9.05. The molecular formula is C10H17N3O2. The van der Waals surface area contributed by atoms with Gasteiger partial charge in [0.25, 0.3) is 0 Å². The number of rotatable bonds is 5. The molecule has 0 aliphatic rings. The smallest absolute Gasteiger partial charge is 0.304 e. The van der Waals surface area contributed by atoms with E-state index in [0.29, 0.717) is 0 Å². The number of aryl methyl sites for hydroxylation is 1. The molecule has 84 valence electrons. The van der Waals surface area contributed by atoms with Crippen LogP contribution in [-0.2, 0) is 11.3 Å². The largest absolute Gasteiger partial charge is 0.481 e. The SMILES string of the molecule is CCn1nccc1C(CC(=O)O)C(C)N. The minimum Gasteiger partial charge on any atom is -0.481 e. The first kappa shape index (κ1) is 11.7. The van der Waals surface area contributed by atoms with Crippen LogP contribution >= 0.6 is 0 Å². The number of hydrogen-bond donors (Lipinski definition) is 2. The molecule has 0 aliphatic heterocycles. The Morgan fingerprint density at radius 2 is 2.40 bits per heavy atom. The predicted octanol–water partition coefficient (Wildman–Crippen LogP) is 0.808. The van der Waals surface area contributed by atoms with Crippen molar-refractivity contribution in [3.05, 3.63) is 18.0 Å². The number of nitrogens with zero attached hydrogens (tertiary/aromatic N) is 2. The summed E-state index contributed by atoms with van der Waals surface area (Å²) in [7, 11) is 0. The molecule has 1 rings (SSSR count). The molecule has 1 heterocycles. The Morgan fingerprint density at radius 1 is 1.73 bits per heavy atom. The summed E-state index contributed by atoms with van der Waals surface area (Å²) < 4.78 is 1.79. The highest BCUT2D eigenvalue weighted by atomic mass is 16.4. The molecule has 15 heavy (non-hydrogen) atoms. The normalized spacial score (nSPS) is 14.9. The third-order valence-electron chi connectivity index (χ3n) is 2.46. The molecule has 0 aromatic carbocycles. The first-order chi connectivity index (χ1) is 7.06. The molecule has 0 spiro atoms. The average molecular weight is 211 g/mol. The van der Waals surface area contributed by atoms with E-state index in [1.165, 1.54) is 0 Å². The molecule has 0 fully saturated rings. The van der Waals surface area contributed by atoms with Crippen LogP contribution in [0.4, 0.5) is 0 Å². The number of hydrogen-bond acceptors (Lipinski definition) is 3. The number of nitrogens with two attached hydrogens (primary N) is 1. The molecule has 1 aromatic heterocycles. The van der Waals surface area contributed by atoms with E-state index in [4.69, 9.17) is 10.8 Å². The second-order valence-corrected chi connectivity index (χ2v) is 3.64. The van der Waals surface area contributed by atoms with Gasteiger partial charge in [-0.2, -0.15) is 5.10 Å². The number of aromatic nitrogens is 2. The fourth-order valence-electron chi connectivity index (χ4n) is 1.67. The summed E-state index contributed by atoms with van der Waals surface area (Å²) in [4.78, 5) is 10.7. The van der Waals surface area contributed by atoms with Gasteiger partial charge in [-0.1, -0.05) is 0 Å². The maximum Gasteiger partial charge on any atom is 0.304 e. The Hall–Kier alpha value is -1.36. The Balaban J connectivity index is 2.93. The summed E-state index contributed by atoms with van der Waals surface area (Å²) in [6.45, 7) is 4.52. The molecule has 0 radical (unpaired) electrons. The fraction of sp³-hybridized carbons (Fsp3) is 0.600. The quantitative estimate of drug-likeness (QED) is 0.755. The van der Waals surface area contributed by atoms with Crippen LogP contribution in [0.25, 0.3) is 0 Å². The Morgan fingerprint density at radius 3 is 2.87 bits per heavy atom. The summed E-state index contributed by atoms with van der Waals surface area (Å²) in [6, 6.07) is 1.64. The van der Waals surface area contributed by atoms with Crippen LogP contribution in [0.15, 0.2) is 12.3 Å². The Kier molecular flexibility index (Phi) is 3.85. The molecule has 0 aliphatic carbocycles. The van der Waals surface area contributed by atoms with Crippen LogP contribution in [0.5, 0.6) is 0 Å². The first-order valence-corrected chi connectivity index (χ1v) is 5.05. The molecule has 0 amide bonds. The lowest BCUT2D eigenvalue weighted by Crippen LogP contribution is -2.28. The van der Waals surface area contributed by atoms with Gasteiger partial charge in [0.05, 0.1) is 6.42 Å². The van der Waals surface area contributed by atoms with Crippen molar-refractivity contribution >= 4 is 5.97 Å². The number of carboxylic acid groups (broad SMARTS) is 1. The van der Waals surface area contributed by atoms with Crippen molar-refractivity contribution in [2.45, 2.75) is 38.8 Å². The molecule has 1 aromatic rings. The van der Waals surface area contributed by atoms with Crippen molar-refractivity contribution in [2.24, 2.45) is 5.73 Å². The predicted molar refractivity (Wildman–Crippen MR) is 56.5 cm³/mol. The van der Waals surface area contributed by atoms with E-state index in [0.717, 1.165) is 12.2 Å². The van der Waals surface area contributed by atoms with E-state index in [1.807, 2.05) is 19.9 Å². The van der Waals surface area contributed by atoms with E-state index in [9.17, 15) is 4.79 Å². The van der Waals surface area contributed by atoms with Crippen molar-refractivity contribution in [2.75, 3.05) is 0 Å². The molecule has 2 atom stereocenters. The highest BCUT2D eigenvalue weighted by Crippen LogP contribution is 2.22. The van der Waals surface area contributed by atoms with Gasteiger partial charge in [0, 0.05) is 30.4 Å². The fourth-order valence-corrected chi connectivity index (χ4v) is 1.67. The van der Waals surface area contributed by atoms with Gasteiger partial charge in [-0.25, -0.2) is 0 Å². The van der Waals surface area contributed by atoms with Gasteiger partial charge in [-0.05, 0) is 19.9 Å². The summed E-state index contributed by atoms with van der Waals surface area (Å²) in [5.41, 5.74) is 6.69. The van der Waals surface area contributed by atoms with Gasteiger partial charge in [-0.15, -0.1) is 0 Å². The minimum atomic E-state index is -0.832. The highest BCUT2D eigenvalue weighted by Gasteiger charge is 2.22.